The summed E-state index contributed by atoms with van der Waals surface area (Å²) in [4.78, 5) is 24.2. The normalized spacial score (nSPS) is 11.7. The molecule has 1 aromatic heterocycles. The van der Waals surface area contributed by atoms with Crippen LogP contribution in [0.1, 0.15) is 23.0 Å². The van der Waals surface area contributed by atoms with Gasteiger partial charge in [-0.15, -0.1) is 11.3 Å². The molecule has 0 radical (unpaired) electrons. The molecular weight excluding hydrogens is 312 g/mol. The van der Waals surface area contributed by atoms with Crippen LogP contribution in [0.2, 0.25) is 0 Å². The van der Waals surface area contributed by atoms with Gasteiger partial charge in [-0.1, -0.05) is 36.4 Å². The first-order valence-electron chi connectivity index (χ1n) is 7.48. The van der Waals surface area contributed by atoms with Gasteiger partial charge < -0.3 is 15.7 Å². The minimum absolute atomic E-state index is 0.254. The van der Waals surface area contributed by atoms with Crippen molar-refractivity contribution in [1.29, 1.82) is 0 Å². The summed E-state index contributed by atoms with van der Waals surface area (Å²) < 4.78 is 0. The van der Waals surface area contributed by atoms with Gasteiger partial charge in [0, 0.05) is 18.0 Å². The van der Waals surface area contributed by atoms with Crippen molar-refractivity contribution < 1.29 is 14.7 Å². The number of aliphatic hydroxyl groups is 1. The molecule has 2 rings (SSSR count). The number of benzene rings is 1. The van der Waals surface area contributed by atoms with Gasteiger partial charge in [-0.05, 0) is 29.9 Å². The summed E-state index contributed by atoms with van der Waals surface area (Å²) in [7, 11) is 0. The fourth-order valence-corrected chi connectivity index (χ4v) is 2.82. The van der Waals surface area contributed by atoms with Gasteiger partial charge in [0.25, 0.3) is 0 Å². The first-order valence-corrected chi connectivity index (χ1v) is 8.36. The van der Waals surface area contributed by atoms with Crippen molar-refractivity contribution in [2.24, 2.45) is 0 Å². The summed E-state index contributed by atoms with van der Waals surface area (Å²) >= 11 is 1.46. The number of hydrogen-bond acceptors (Lipinski definition) is 4. The molecule has 0 fully saturated rings. The van der Waals surface area contributed by atoms with E-state index >= 15 is 0 Å². The van der Waals surface area contributed by atoms with Crippen LogP contribution >= 0.6 is 11.3 Å². The van der Waals surface area contributed by atoms with E-state index in [0.717, 1.165) is 10.4 Å². The Morgan fingerprint density at radius 2 is 1.70 bits per heavy atom. The molecule has 1 atom stereocenters. The van der Waals surface area contributed by atoms with E-state index in [2.05, 4.69) is 10.6 Å². The molecule has 2 aromatic rings. The topological polar surface area (TPSA) is 78.4 Å². The monoisotopic (exact) mass is 332 g/mol. The van der Waals surface area contributed by atoms with Gasteiger partial charge in [-0.25, -0.2) is 0 Å². The van der Waals surface area contributed by atoms with Gasteiger partial charge in [0.2, 0.25) is 0 Å². The first-order chi connectivity index (χ1) is 11.2. The standard InChI is InChI=1S/C17H20N2O3S/c20-14(15-7-4-12-23-15)9-11-19-17(22)16(21)18-10-8-13-5-2-1-3-6-13/h1-7,12,14,20H,8-11H2,(H,18,21)(H,19,22). The van der Waals surface area contributed by atoms with Crippen molar-refractivity contribution in [3.8, 4) is 0 Å². The van der Waals surface area contributed by atoms with Gasteiger partial charge in [0.05, 0.1) is 6.10 Å². The van der Waals surface area contributed by atoms with Crippen molar-refractivity contribution in [2.45, 2.75) is 18.9 Å². The van der Waals surface area contributed by atoms with E-state index in [4.69, 9.17) is 0 Å². The number of nitrogens with one attached hydrogen (secondary N) is 2. The zero-order valence-corrected chi connectivity index (χ0v) is 13.5. The molecule has 0 spiro atoms. The Kier molecular flexibility index (Phi) is 6.77. The Hall–Kier alpha value is -2.18. The molecule has 2 amide bonds. The number of amides is 2. The number of rotatable bonds is 7. The molecule has 122 valence electrons. The Morgan fingerprint density at radius 1 is 1.00 bits per heavy atom. The molecule has 0 bridgehead atoms. The highest BCUT2D eigenvalue weighted by Gasteiger charge is 2.14. The van der Waals surface area contributed by atoms with Gasteiger partial charge in [0.1, 0.15) is 0 Å². The van der Waals surface area contributed by atoms with Gasteiger partial charge in [-0.3, -0.25) is 9.59 Å². The van der Waals surface area contributed by atoms with Crippen LogP contribution in [-0.2, 0) is 16.0 Å². The lowest BCUT2D eigenvalue weighted by Crippen LogP contribution is -2.41. The van der Waals surface area contributed by atoms with Crippen molar-refractivity contribution in [1.82, 2.24) is 10.6 Å². The van der Waals surface area contributed by atoms with E-state index in [1.807, 2.05) is 47.8 Å². The van der Waals surface area contributed by atoms with Crippen molar-refractivity contribution in [3.63, 3.8) is 0 Å². The molecule has 3 N–H and O–H groups in total. The third kappa shape index (κ3) is 5.84. The number of aliphatic hydroxyl groups excluding tert-OH is 1. The van der Waals surface area contributed by atoms with Gasteiger partial charge in [-0.2, -0.15) is 0 Å². The van der Waals surface area contributed by atoms with E-state index in [1.165, 1.54) is 11.3 Å². The number of carbonyl (C=O) groups is 2. The smallest absolute Gasteiger partial charge is 0.309 e. The van der Waals surface area contributed by atoms with E-state index in [0.29, 0.717) is 19.4 Å². The molecule has 0 aliphatic heterocycles. The number of carbonyl (C=O) groups excluding carboxylic acids is 2. The Balaban J connectivity index is 1.62. The Labute approximate surface area is 139 Å². The molecule has 23 heavy (non-hydrogen) atoms. The molecule has 0 saturated carbocycles. The van der Waals surface area contributed by atoms with Crippen molar-refractivity contribution in [3.05, 3.63) is 58.3 Å². The lowest BCUT2D eigenvalue weighted by molar-refractivity contribution is -0.139. The fraction of sp³-hybridized carbons (Fsp3) is 0.294. The second-order valence-electron chi connectivity index (χ2n) is 5.07. The van der Waals surface area contributed by atoms with E-state index in [-0.39, 0.29) is 6.54 Å². The quantitative estimate of drug-likeness (QED) is 0.675. The predicted molar refractivity (Wildman–Crippen MR) is 90.1 cm³/mol. The first kappa shape index (κ1) is 17.2. The van der Waals surface area contributed by atoms with Gasteiger partial charge in [0.15, 0.2) is 0 Å². The average molecular weight is 332 g/mol. The maximum absolute atomic E-state index is 11.7. The minimum atomic E-state index is -0.670. The predicted octanol–water partition coefficient (Wildman–Crippen LogP) is 1.65. The van der Waals surface area contributed by atoms with Crippen LogP contribution in [0.5, 0.6) is 0 Å². The third-order valence-corrected chi connectivity index (χ3v) is 4.30. The lowest BCUT2D eigenvalue weighted by Gasteiger charge is -2.10. The highest BCUT2D eigenvalue weighted by atomic mass is 32.1. The van der Waals surface area contributed by atoms with E-state index in [9.17, 15) is 14.7 Å². The molecule has 1 unspecified atom stereocenters. The van der Waals surface area contributed by atoms with Crippen LogP contribution < -0.4 is 10.6 Å². The maximum atomic E-state index is 11.7. The molecule has 0 aliphatic carbocycles. The summed E-state index contributed by atoms with van der Waals surface area (Å²) in [6, 6.07) is 13.4. The molecule has 6 heteroatoms. The second kappa shape index (κ2) is 9.07. The van der Waals surface area contributed by atoms with Crippen LogP contribution in [0.3, 0.4) is 0 Å². The largest absolute Gasteiger partial charge is 0.388 e. The lowest BCUT2D eigenvalue weighted by atomic mass is 10.1. The zero-order valence-electron chi connectivity index (χ0n) is 12.7. The van der Waals surface area contributed by atoms with Crippen LogP contribution in [0, 0.1) is 0 Å². The third-order valence-electron chi connectivity index (χ3n) is 3.32. The molecule has 0 aliphatic rings. The molecule has 5 nitrogen and oxygen atoms in total. The zero-order chi connectivity index (χ0) is 16.5. The molecular formula is C17H20N2O3S. The van der Waals surface area contributed by atoms with Crippen molar-refractivity contribution >= 4 is 23.2 Å². The van der Waals surface area contributed by atoms with Crippen LogP contribution in [-0.4, -0.2) is 30.0 Å². The number of hydrogen-bond donors (Lipinski definition) is 3. The number of thiophene rings is 1. The van der Waals surface area contributed by atoms with Crippen LogP contribution in [0.15, 0.2) is 47.8 Å². The Bertz CT molecular complexity index is 614. The van der Waals surface area contributed by atoms with Crippen LogP contribution in [0.4, 0.5) is 0 Å². The maximum Gasteiger partial charge on any atom is 0.309 e. The highest BCUT2D eigenvalue weighted by Crippen LogP contribution is 2.20. The Morgan fingerprint density at radius 3 is 2.35 bits per heavy atom. The fourth-order valence-electron chi connectivity index (χ4n) is 2.07. The van der Waals surface area contributed by atoms with E-state index in [1.54, 1.807) is 0 Å². The molecule has 0 saturated heterocycles. The summed E-state index contributed by atoms with van der Waals surface area (Å²) in [5.74, 6) is -1.32. The summed E-state index contributed by atoms with van der Waals surface area (Å²) in [5.41, 5.74) is 1.10. The summed E-state index contributed by atoms with van der Waals surface area (Å²) in [6.07, 6.45) is 0.442. The summed E-state index contributed by atoms with van der Waals surface area (Å²) in [5, 5.41) is 16.9. The second-order valence-corrected chi connectivity index (χ2v) is 6.05. The molecule has 1 heterocycles. The minimum Gasteiger partial charge on any atom is -0.388 e. The highest BCUT2D eigenvalue weighted by molar-refractivity contribution is 7.10. The summed E-state index contributed by atoms with van der Waals surface area (Å²) in [6.45, 7) is 0.665. The van der Waals surface area contributed by atoms with E-state index < -0.39 is 17.9 Å². The molecule has 1 aromatic carbocycles. The SMILES string of the molecule is O=C(NCCc1ccccc1)C(=O)NCCC(O)c1cccs1. The van der Waals surface area contributed by atoms with Crippen LogP contribution in [0.25, 0.3) is 0 Å². The van der Waals surface area contributed by atoms with Crippen molar-refractivity contribution in [2.75, 3.05) is 13.1 Å². The average Bonchev–Trinajstić information content (AvgIpc) is 3.10. The van der Waals surface area contributed by atoms with Gasteiger partial charge >= 0.3 is 11.8 Å².